The highest BCUT2D eigenvalue weighted by Crippen LogP contribution is 2.34. The van der Waals surface area contributed by atoms with Crippen molar-refractivity contribution in [2.24, 2.45) is 0 Å². The van der Waals surface area contributed by atoms with Gasteiger partial charge in [0.1, 0.15) is 11.3 Å². The van der Waals surface area contributed by atoms with Crippen molar-refractivity contribution < 1.29 is 13.9 Å². The zero-order chi connectivity index (χ0) is 21.3. The minimum atomic E-state index is -0.291. The van der Waals surface area contributed by atoms with Gasteiger partial charge in [-0.05, 0) is 48.0 Å². The first-order valence-electron chi connectivity index (χ1n) is 9.05. The Bertz CT molecular complexity index is 1250. The molecule has 0 aliphatic rings. The number of benzene rings is 3. The lowest BCUT2D eigenvalue weighted by atomic mass is 10.1. The average Bonchev–Trinajstić information content (AvgIpc) is 3.11. The van der Waals surface area contributed by atoms with Crippen molar-refractivity contribution in [2.75, 3.05) is 12.4 Å². The van der Waals surface area contributed by atoms with Crippen LogP contribution in [0.25, 0.3) is 11.0 Å². The average molecular weight is 461 g/mol. The molecule has 0 bridgehead atoms. The maximum atomic E-state index is 13.2. The second-order valence-corrected chi connectivity index (χ2v) is 7.82. The highest BCUT2D eigenvalue weighted by molar-refractivity contribution is 6.35. The van der Waals surface area contributed by atoms with Crippen molar-refractivity contribution in [3.8, 4) is 5.75 Å². The summed E-state index contributed by atoms with van der Waals surface area (Å²) in [6.07, 6.45) is 0. The molecule has 4 nitrogen and oxygen atoms in total. The Morgan fingerprint density at radius 2 is 1.80 bits per heavy atom. The van der Waals surface area contributed by atoms with E-state index in [0.717, 1.165) is 10.9 Å². The lowest BCUT2D eigenvalue weighted by Gasteiger charge is -2.10. The van der Waals surface area contributed by atoms with Crippen LogP contribution in [0, 0.1) is 0 Å². The summed E-state index contributed by atoms with van der Waals surface area (Å²) in [5, 5.41) is 5.55. The number of fused-ring (bicyclic) bond motifs is 1. The number of furan rings is 1. The SMILES string of the molecule is COc1ccc(C(=O)c2oc3ccccc3c2NCc2ccc(Cl)cc2Cl)cc1Cl. The second kappa shape index (κ2) is 8.60. The van der Waals surface area contributed by atoms with Gasteiger partial charge in [-0.25, -0.2) is 0 Å². The first-order valence-corrected chi connectivity index (χ1v) is 10.2. The van der Waals surface area contributed by atoms with Crippen molar-refractivity contribution in [3.05, 3.63) is 92.6 Å². The van der Waals surface area contributed by atoms with Crippen LogP contribution in [0.2, 0.25) is 15.1 Å². The van der Waals surface area contributed by atoms with E-state index in [-0.39, 0.29) is 11.5 Å². The molecule has 0 saturated heterocycles. The van der Waals surface area contributed by atoms with Crippen LogP contribution in [0.4, 0.5) is 5.69 Å². The number of nitrogens with one attached hydrogen (secondary N) is 1. The molecule has 7 heteroatoms. The fourth-order valence-corrected chi connectivity index (χ4v) is 3.90. The van der Waals surface area contributed by atoms with Gasteiger partial charge in [0.2, 0.25) is 5.78 Å². The molecule has 0 fully saturated rings. The Labute approximate surface area is 188 Å². The molecule has 0 unspecified atom stereocenters. The van der Waals surface area contributed by atoms with Crippen LogP contribution in [0.3, 0.4) is 0 Å². The van der Waals surface area contributed by atoms with E-state index in [1.807, 2.05) is 30.3 Å². The topological polar surface area (TPSA) is 51.5 Å². The van der Waals surface area contributed by atoms with Gasteiger partial charge in [0.15, 0.2) is 5.76 Å². The second-order valence-electron chi connectivity index (χ2n) is 6.57. The number of ether oxygens (including phenoxy) is 1. The number of ketones is 1. The Kier molecular flexibility index (Phi) is 5.91. The van der Waals surface area contributed by atoms with E-state index in [2.05, 4.69) is 5.32 Å². The third-order valence-electron chi connectivity index (χ3n) is 4.69. The van der Waals surface area contributed by atoms with Crippen LogP contribution in [0.15, 0.2) is 65.1 Å². The van der Waals surface area contributed by atoms with Crippen LogP contribution in [0.1, 0.15) is 21.7 Å². The number of hydrogen-bond donors (Lipinski definition) is 1. The largest absolute Gasteiger partial charge is 0.495 e. The Balaban J connectivity index is 1.73. The normalized spacial score (nSPS) is 10.9. The zero-order valence-electron chi connectivity index (χ0n) is 15.8. The van der Waals surface area contributed by atoms with Gasteiger partial charge in [-0.15, -0.1) is 0 Å². The molecule has 0 amide bonds. The van der Waals surface area contributed by atoms with Crippen molar-refractivity contribution in [1.29, 1.82) is 0 Å². The third-order valence-corrected chi connectivity index (χ3v) is 5.57. The molecule has 4 aromatic rings. The summed E-state index contributed by atoms with van der Waals surface area (Å²) in [6, 6.07) is 17.6. The molecular formula is C23H16Cl3NO3. The van der Waals surface area contributed by atoms with Crippen LogP contribution in [-0.2, 0) is 6.54 Å². The molecule has 1 heterocycles. The highest BCUT2D eigenvalue weighted by Gasteiger charge is 2.23. The standard InChI is InChI=1S/C23H16Cl3NO3/c1-29-20-9-7-13(10-18(20)26)22(28)23-21(16-4-2-3-5-19(16)30-23)27-12-14-6-8-15(24)11-17(14)25/h2-11,27H,12H2,1H3. The number of carbonyl (C=O) groups excluding carboxylic acids is 1. The smallest absolute Gasteiger partial charge is 0.230 e. The van der Waals surface area contributed by atoms with Crippen molar-refractivity contribution in [1.82, 2.24) is 0 Å². The maximum absolute atomic E-state index is 13.2. The van der Waals surface area contributed by atoms with E-state index in [1.54, 1.807) is 30.3 Å². The quantitative estimate of drug-likeness (QED) is 0.308. The molecule has 0 spiro atoms. The van der Waals surface area contributed by atoms with E-state index in [1.165, 1.54) is 7.11 Å². The molecule has 3 aromatic carbocycles. The molecule has 1 N–H and O–H groups in total. The lowest BCUT2D eigenvalue weighted by Crippen LogP contribution is -2.07. The molecule has 0 aliphatic carbocycles. The van der Waals surface area contributed by atoms with Gasteiger partial charge in [0, 0.05) is 27.5 Å². The molecule has 1 aromatic heterocycles. The highest BCUT2D eigenvalue weighted by atomic mass is 35.5. The molecule has 0 radical (unpaired) electrons. The van der Waals surface area contributed by atoms with Crippen molar-refractivity contribution >= 4 is 57.2 Å². The third kappa shape index (κ3) is 3.99. The van der Waals surface area contributed by atoms with E-state index < -0.39 is 0 Å². The van der Waals surface area contributed by atoms with Gasteiger partial charge in [-0.1, -0.05) is 53.0 Å². The molecule has 152 valence electrons. The van der Waals surface area contributed by atoms with Gasteiger partial charge in [0.05, 0.1) is 17.8 Å². The molecular weight excluding hydrogens is 445 g/mol. The van der Waals surface area contributed by atoms with Crippen LogP contribution in [-0.4, -0.2) is 12.9 Å². The van der Waals surface area contributed by atoms with Crippen LogP contribution < -0.4 is 10.1 Å². The van der Waals surface area contributed by atoms with Crippen LogP contribution >= 0.6 is 34.8 Å². The van der Waals surface area contributed by atoms with Gasteiger partial charge < -0.3 is 14.5 Å². The Morgan fingerprint density at radius 1 is 1.00 bits per heavy atom. The maximum Gasteiger partial charge on any atom is 0.230 e. The van der Waals surface area contributed by atoms with E-state index in [4.69, 9.17) is 44.0 Å². The minimum absolute atomic E-state index is 0.197. The molecule has 30 heavy (non-hydrogen) atoms. The summed E-state index contributed by atoms with van der Waals surface area (Å²) in [4.78, 5) is 13.2. The van der Waals surface area contributed by atoms with Crippen molar-refractivity contribution in [2.45, 2.75) is 6.54 Å². The summed E-state index contributed by atoms with van der Waals surface area (Å²) >= 11 is 18.5. The predicted molar refractivity (Wildman–Crippen MR) is 121 cm³/mol. The summed E-state index contributed by atoms with van der Waals surface area (Å²) in [5.74, 6) is 0.400. The first-order chi connectivity index (χ1) is 14.5. The van der Waals surface area contributed by atoms with Gasteiger partial charge in [-0.3, -0.25) is 4.79 Å². The summed E-state index contributed by atoms with van der Waals surface area (Å²) in [5.41, 5.74) is 2.43. The number of rotatable bonds is 6. The van der Waals surface area contributed by atoms with E-state index in [0.29, 0.717) is 44.2 Å². The van der Waals surface area contributed by atoms with E-state index in [9.17, 15) is 4.79 Å². The number of anilines is 1. The molecule has 0 aliphatic heterocycles. The lowest BCUT2D eigenvalue weighted by molar-refractivity contribution is 0.101. The monoisotopic (exact) mass is 459 g/mol. The van der Waals surface area contributed by atoms with Crippen LogP contribution in [0.5, 0.6) is 5.75 Å². The molecule has 4 rings (SSSR count). The first kappa shape index (κ1) is 20.6. The summed E-state index contributed by atoms with van der Waals surface area (Å²) < 4.78 is 11.1. The summed E-state index contributed by atoms with van der Waals surface area (Å²) in [6.45, 7) is 0.392. The number of carbonyl (C=O) groups is 1. The zero-order valence-corrected chi connectivity index (χ0v) is 18.1. The van der Waals surface area contributed by atoms with Gasteiger partial charge >= 0.3 is 0 Å². The minimum Gasteiger partial charge on any atom is -0.495 e. The molecule has 0 saturated carbocycles. The fraction of sp³-hybridized carbons (Fsp3) is 0.0870. The number of methoxy groups -OCH3 is 1. The summed E-state index contributed by atoms with van der Waals surface area (Å²) in [7, 11) is 1.52. The molecule has 0 atom stereocenters. The van der Waals surface area contributed by atoms with Gasteiger partial charge in [0.25, 0.3) is 0 Å². The van der Waals surface area contributed by atoms with E-state index >= 15 is 0 Å². The number of para-hydroxylation sites is 1. The van der Waals surface area contributed by atoms with Gasteiger partial charge in [-0.2, -0.15) is 0 Å². The Morgan fingerprint density at radius 3 is 2.53 bits per heavy atom. The van der Waals surface area contributed by atoms with Crippen molar-refractivity contribution in [3.63, 3.8) is 0 Å². The number of hydrogen-bond acceptors (Lipinski definition) is 4. The number of halogens is 3. The Hall–Kier alpha value is -2.66. The predicted octanol–water partition coefficient (Wildman–Crippen LogP) is 7.24. The fourth-order valence-electron chi connectivity index (χ4n) is 3.17.